The Labute approximate surface area is 239 Å². The normalized spacial score (nSPS) is 11.2. The fourth-order valence-corrected chi connectivity index (χ4v) is 5.84. The molecule has 208 valence electrons. The van der Waals surface area contributed by atoms with E-state index < -0.39 is 6.09 Å². The molecule has 11 nitrogen and oxygen atoms in total. The van der Waals surface area contributed by atoms with Crippen molar-refractivity contribution in [2.24, 2.45) is 7.05 Å². The van der Waals surface area contributed by atoms with E-state index in [4.69, 9.17) is 26.1 Å². The van der Waals surface area contributed by atoms with Crippen LogP contribution < -0.4 is 9.47 Å². The number of carboxylic acid groups (broad SMARTS) is 1. The molecule has 0 saturated heterocycles. The zero-order chi connectivity index (χ0) is 28.6. The summed E-state index contributed by atoms with van der Waals surface area (Å²) in [6.07, 6.45) is 0.632. The van der Waals surface area contributed by atoms with E-state index in [0.29, 0.717) is 50.0 Å². The van der Waals surface area contributed by atoms with Crippen LogP contribution in [0, 0.1) is 6.92 Å². The third-order valence-corrected chi connectivity index (χ3v) is 7.77. The van der Waals surface area contributed by atoms with Crippen molar-refractivity contribution in [2.45, 2.75) is 33.5 Å². The summed E-state index contributed by atoms with van der Waals surface area (Å²) in [6, 6.07) is 9.02. The second-order valence-corrected chi connectivity index (χ2v) is 10.6. The van der Waals surface area contributed by atoms with E-state index in [2.05, 4.69) is 15.2 Å². The van der Waals surface area contributed by atoms with E-state index in [0.717, 1.165) is 22.3 Å². The summed E-state index contributed by atoms with van der Waals surface area (Å²) in [5, 5.41) is 20.9. The zero-order valence-electron chi connectivity index (χ0n) is 22.7. The first kappa shape index (κ1) is 27.4. The van der Waals surface area contributed by atoms with Crippen molar-refractivity contribution in [3.63, 3.8) is 0 Å². The molecule has 5 aromatic rings. The first-order valence-electron chi connectivity index (χ1n) is 12.4. The van der Waals surface area contributed by atoms with Gasteiger partial charge >= 0.3 is 6.09 Å². The van der Waals surface area contributed by atoms with Gasteiger partial charge in [0.2, 0.25) is 0 Å². The summed E-state index contributed by atoms with van der Waals surface area (Å²) >= 11 is 7.84. The molecular weight excluding hydrogens is 554 g/mol. The molecule has 0 aliphatic heterocycles. The minimum atomic E-state index is -1.08. The third-order valence-electron chi connectivity index (χ3n) is 6.52. The maximum atomic E-state index is 12.5. The molecule has 0 radical (unpaired) electrons. The van der Waals surface area contributed by atoms with Crippen molar-refractivity contribution >= 4 is 39.9 Å². The van der Waals surface area contributed by atoms with E-state index in [1.807, 2.05) is 31.6 Å². The van der Waals surface area contributed by atoms with Crippen LogP contribution in [0.5, 0.6) is 11.5 Å². The first-order valence-corrected chi connectivity index (χ1v) is 13.6. The highest BCUT2D eigenvalue weighted by atomic mass is 35.5. The second kappa shape index (κ2) is 11.1. The Morgan fingerprint density at radius 1 is 1.12 bits per heavy atom. The number of hydrogen-bond donors (Lipinski definition) is 1. The van der Waals surface area contributed by atoms with Gasteiger partial charge in [-0.2, -0.15) is 10.2 Å². The molecule has 1 amide bonds. The number of methoxy groups -OCH3 is 2. The number of pyridine rings is 1. The van der Waals surface area contributed by atoms with Crippen LogP contribution in [0.3, 0.4) is 0 Å². The number of hydrogen-bond acceptors (Lipinski definition) is 8. The van der Waals surface area contributed by atoms with E-state index in [1.165, 1.54) is 16.2 Å². The third kappa shape index (κ3) is 5.19. The minimum Gasteiger partial charge on any atom is -0.497 e. The van der Waals surface area contributed by atoms with Crippen molar-refractivity contribution in [3.8, 4) is 33.6 Å². The Balaban J connectivity index is 1.63. The fourth-order valence-electron chi connectivity index (χ4n) is 4.56. The number of fused-ring (bicyclic) bond motifs is 1. The van der Waals surface area contributed by atoms with Crippen molar-refractivity contribution in [3.05, 3.63) is 57.8 Å². The second-order valence-electron chi connectivity index (χ2n) is 9.09. The molecule has 1 N–H and O–H groups in total. The van der Waals surface area contributed by atoms with E-state index in [-0.39, 0.29) is 13.1 Å². The summed E-state index contributed by atoms with van der Waals surface area (Å²) in [7, 11) is 4.93. The average molecular weight is 582 g/mol. The van der Waals surface area contributed by atoms with Crippen molar-refractivity contribution in [1.29, 1.82) is 0 Å². The molecule has 4 heterocycles. The van der Waals surface area contributed by atoms with Crippen molar-refractivity contribution < 1.29 is 19.4 Å². The molecular formula is C27H28ClN7O4S. The van der Waals surface area contributed by atoms with Crippen LogP contribution in [0.25, 0.3) is 33.0 Å². The van der Waals surface area contributed by atoms with E-state index >= 15 is 0 Å². The summed E-state index contributed by atoms with van der Waals surface area (Å²) in [4.78, 5) is 24.1. The average Bonchev–Trinajstić information content (AvgIpc) is 3.64. The molecule has 0 spiro atoms. The Kier molecular flexibility index (Phi) is 7.63. The Morgan fingerprint density at radius 3 is 2.62 bits per heavy atom. The quantitative estimate of drug-likeness (QED) is 0.222. The molecule has 1 aromatic carbocycles. The molecule has 0 aliphatic rings. The summed E-state index contributed by atoms with van der Waals surface area (Å²) in [5.41, 5.74) is 4.30. The van der Waals surface area contributed by atoms with Gasteiger partial charge in [-0.1, -0.05) is 11.6 Å². The van der Waals surface area contributed by atoms with Gasteiger partial charge in [0, 0.05) is 36.7 Å². The van der Waals surface area contributed by atoms with Crippen molar-refractivity contribution in [2.75, 3.05) is 14.2 Å². The van der Waals surface area contributed by atoms with Crippen LogP contribution in [0.4, 0.5) is 4.79 Å². The summed E-state index contributed by atoms with van der Waals surface area (Å²) in [6.45, 7) is 4.75. The van der Waals surface area contributed by atoms with Gasteiger partial charge < -0.3 is 14.6 Å². The highest BCUT2D eigenvalue weighted by Crippen LogP contribution is 2.38. The van der Waals surface area contributed by atoms with Crippen LogP contribution in [-0.2, 0) is 26.7 Å². The number of aryl methyl sites for hydroxylation is 3. The molecule has 4 aromatic heterocycles. The number of ether oxygens (including phenoxy) is 2. The van der Waals surface area contributed by atoms with Gasteiger partial charge in [0.15, 0.2) is 0 Å². The number of benzene rings is 1. The minimum absolute atomic E-state index is 0.0622. The number of nitrogens with zero attached hydrogens (tertiary/aromatic N) is 7. The number of rotatable bonds is 9. The molecule has 0 fully saturated rings. The lowest BCUT2D eigenvalue weighted by Crippen LogP contribution is -2.28. The lowest BCUT2D eigenvalue weighted by atomic mass is 10.1. The first-order chi connectivity index (χ1) is 19.2. The number of aromatic nitrogens is 6. The van der Waals surface area contributed by atoms with Gasteiger partial charge in [0.1, 0.15) is 33.0 Å². The monoisotopic (exact) mass is 581 g/mol. The predicted molar refractivity (Wildman–Crippen MR) is 153 cm³/mol. The Hall–Kier alpha value is -4.16. The van der Waals surface area contributed by atoms with Crippen LogP contribution in [0.1, 0.15) is 23.1 Å². The van der Waals surface area contributed by atoms with E-state index in [1.54, 1.807) is 49.4 Å². The molecule has 13 heteroatoms. The Morgan fingerprint density at radius 2 is 1.93 bits per heavy atom. The van der Waals surface area contributed by atoms with Crippen LogP contribution in [0.2, 0.25) is 5.15 Å². The number of amides is 1. The van der Waals surface area contributed by atoms with Crippen molar-refractivity contribution in [1.82, 2.24) is 34.4 Å². The molecule has 0 saturated carbocycles. The maximum absolute atomic E-state index is 12.5. The van der Waals surface area contributed by atoms with Gasteiger partial charge in [0.25, 0.3) is 0 Å². The van der Waals surface area contributed by atoms with Crippen LogP contribution >= 0.6 is 22.9 Å². The number of halogens is 1. The largest absolute Gasteiger partial charge is 0.497 e. The SMILES string of the molecule is CCn1nc(C)cc1-c1nc(-c2nc(Cl)cc3c2cnn3C)c(CN(Cc2ccc(OC)cc2OC)C(=O)O)s1. The van der Waals surface area contributed by atoms with Crippen LogP contribution in [-0.4, -0.2) is 59.8 Å². The molecule has 40 heavy (non-hydrogen) atoms. The standard InChI is InChI=1S/C27H28ClN7O4S/c1-6-35-20(9-15(2)32-35)26-31-25(24-18-12-29-33(3)19(18)11-23(28)30-24)22(40-26)14-34(27(36)37)13-16-7-8-17(38-4)10-21(16)39-5/h7-12H,6,13-14H2,1-5H3,(H,36,37). The van der Waals surface area contributed by atoms with Gasteiger partial charge in [-0.3, -0.25) is 14.3 Å². The van der Waals surface area contributed by atoms with Crippen LogP contribution in [0.15, 0.2) is 36.5 Å². The van der Waals surface area contributed by atoms with Gasteiger partial charge in [-0.25, -0.2) is 14.8 Å². The Bertz CT molecular complexity index is 1710. The maximum Gasteiger partial charge on any atom is 0.407 e. The zero-order valence-corrected chi connectivity index (χ0v) is 24.2. The summed E-state index contributed by atoms with van der Waals surface area (Å²) < 4.78 is 14.4. The topological polar surface area (TPSA) is 120 Å². The molecule has 5 rings (SSSR count). The lowest BCUT2D eigenvalue weighted by Gasteiger charge is -2.21. The number of carbonyl (C=O) groups is 1. The van der Waals surface area contributed by atoms with Gasteiger partial charge in [-0.15, -0.1) is 11.3 Å². The number of thiazole rings is 1. The predicted octanol–water partition coefficient (Wildman–Crippen LogP) is 5.63. The smallest absolute Gasteiger partial charge is 0.407 e. The molecule has 0 unspecified atom stereocenters. The van der Waals surface area contributed by atoms with Gasteiger partial charge in [-0.05, 0) is 32.0 Å². The highest BCUT2D eigenvalue weighted by Gasteiger charge is 2.25. The van der Waals surface area contributed by atoms with E-state index in [9.17, 15) is 9.90 Å². The van der Waals surface area contributed by atoms with Gasteiger partial charge in [0.05, 0.1) is 55.3 Å². The highest BCUT2D eigenvalue weighted by molar-refractivity contribution is 7.15. The summed E-state index contributed by atoms with van der Waals surface area (Å²) in [5.74, 6) is 1.15. The molecule has 0 bridgehead atoms. The molecule has 0 aliphatic carbocycles. The fraction of sp³-hybridized carbons (Fsp3) is 0.296. The molecule has 0 atom stereocenters. The lowest BCUT2D eigenvalue weighted by molar-refractivity contribution is 0.139.